The molecule has 2 fully saturated rings. The molecule has 1 saturated heterocycles. The molecule has 1 aliphatic heterocycles. The van der Waals surface area contributed by atoms with Gasteiger partial charge in [-0.25, -0.2) is 5.01 Å². The Labute approximate surface area is 200 Å². The van der Waals surface area contributed by atoms with Gasteiger partial charge in [0.05, 0.1) is 23.3 Å². The number of halogens is 2. The van der Waals surface area contributed by atoms with Crippen LogP contribution in [0, 0.1) is 22.0 Å². The van der Waals surface area contributed by atoms with Crippen LogP contribution in [0.15, 0.2) is 54.6 Å². The van der Waals surface area contributed by atoms with E-state index >= 15 is 0 Å². The second kappa shape index (κ2) is 9.11. The van der Waals surface area contributed by atoms with E-state index in [4.69, 9.17) is 0 Å². The summed E-state index contributed by atoms with van der Waals surface area (Å²) < 4.78 is 0. The lowest BCUT2D eigenvalue weighted by Gasteiger charge is -2.30. The quantitative estimate of drug-likeness (QED) is 0.236. The average molecular weight is 565 g/mol. The van der Waals surface area contributed by atoms with E-state index in [1.54, 1.807) is 12.1 Å². The first-order chi connectivity index (χ1) is 15.3. The first-order valence-electron chi connectivity index (χ1n) is 10.0. The molecule has 4 atom stereocenters. The summed E-state index contributed by atoms with van der Waals surface area (Å²) in [5, 5.41) is 13.1. The Kier molecular flexibility index (Phi) is 6.43. The summed E-state index contributed by atoms with van der Waals surface area (Å²) >= 11 is 7.14. The molecule has 32 heavy (non-hydrogen) atoms. The van der Waals surface area contributed by atoms with Crippen LogP contribution in [0.2, 0.25) is 0 Å². The van der Waals surface area contributed by atoms with Gasteiger partial charge in [0.15, 0.2) is 0 Å². The molecule has 1 saturated carbocycles. The lowest BCUT2D eigenvalue weighted by atomic mass is 9.81. The molecule has 0 radical (unpaired) electrons. The summed E-state index contributed by atoms with van der Waals surface area (Å²) in [6.45, 7) is 0.0169. The van der Waals surface area contributed by atoms with Crippen molar-refractivity contribution in [1.29, 1.82) is 0 Å². The van der Waals surface area contributed by atoms with E-state index in [1.165, 1.54) is 24.3 Å². The fourth-order valence-electron chi connectivity index (χ4n) is 4.18. The van der Waals surface area contributed by atoms with Crippen molar-refractivity contribution in [3.8, 4) is 0 Å². The van der Waals surface area contributed by atoms with Crippen LogP contribution in [0.1, 0.15) is 28.8 Å². The highest BCUT2D eigenvalue weighted by atomic mass is 79.9. The van der Waals surface area contributed by atoms with Gasteiger partial charge in [0.2, 0.25) is 0 Å². The fourth-order valence-corrected chi connectivity index (χ4v) is 5.42. The summed E-state index contributed by atoms with van der Waals surface area (Å²) in [6, 6.07) is 14.2. The van der Waals surface area contributed by atoms with E-state index < -0.39 is 34.5 Å². The van der Waals surface area contributed by atoms with E-state index in [1.807, 2.05) is 18.2 Å². The average Bonchev–Trinajstić information content (AvgIpc) is 3.02. The molecule has 0 aromatic heterocycles. The van der Waals surface area contributed by atoms with E-state index in [2.05, 4.69) is 31.9 Å². The van der Waals surface area contributed by atoms with Crippen LogP contribution in [-0.2, 0) is 16.1 Å². The van der Waals surface area contributed by atoms with E-state index in [9.17, 15) is 24.5 Å². The zero-order valence-corrected chi connectivity index (χ0v) is 19.9. The first kappa shape index (κ1) is 22.6. The number of nitrogens with zero attached hydrogens (tertiary/aromatic N) is 3. The third kappa shape index (κ3) is 4.21. The molecule has 2 aliphatic rings. The van der Waals surface area contributed by atoms with Crippen LogP contribution in [0.25, 0.3) is 0 Å². The molecule has 0 unspecified atom stereocenters. The van der Waals surface area contributed by atoms with Crippen LogP contribution in [0.3, 0.4) is 0 Å². The van der Waals surface area contributed by atoms with Gasteiger partial charge in [-0.3, -0.25) is 24.5 Å². The number of fused-ring (bicyclic) bond motifs is 1. The molecular formula is C22H19Br2N3O5. The molecule has 8 nitrogen and oxygen atoms in total. The molecule has 0 bridgehead atoms. The molecule has 10 heteroatoms. The standard InChI is InChI=1S/C22H19Br2N3O5/c23-18-10-16-17(11-19(18)24)22(30)26(21(16)29)25(12-13-4-2-1-3-5-13)20(28)14-6-8-15(9-7-14)27(31)32/h1-9,16-19H,10-12H2/t16-,17+,18+,19-. The fraction of sp³-hybridized carbons (Fsp3) is 0.318. The highest BCUT2D eigenvalue weighted by Gasteiger charge is 2.54. The third-order valence-electron chi connectivity index (χ3n) is 5.86. The number of non-ortho nitro benzene ring substituents is 1. The number of carbonyl (C=O) groups is 3. The zero-order chi connectivity index (χ0) is 23.0. The van der Waals surface area contributed by atoms with E-state index in [-0.39, 0.29) is 27.4 Å². The number of hydrazine groups is 1. The summed E-state index contributed by atoms with van der Waals surface area (Å²) in [7, 11) is 0. The van der Waals surface area contributed by atoms with Gasteiger partial charge in [0.1, 0.15) is 0 Å². The Hall–Kier alpha value is -2.59. The lowest BCUT2D eigenvalue weighted by Crippen LogP contribution is -2.49. The SMILES string of the molecule is O=C(c1ccc([N+](=O)[O-])cc1)N(Cc1ccccc1)N1C(=O)[C@H]2C[C@@H](Br)[C@@H](Br)C[C@H]2C1=O. The van der Waals surface area contributed by atoms with Gasteiger partial charge in [-0.05, 0) is 30.5 Å². The number of nitro groups is 1. The maximum atomic E-state index is 13.4. The molecule has 1 heterocycles. The van der Waals surface area contributed by atoms with Crippen molar-refractivity contribution >= 4 is 55.3 Å². The molecule has 166 valence electrons. The molecule has 2 aromatic rings. The van der Waals surface area contributed by atoms with Crippen molar-refractivity contribution < 1.29 is 19.3 Å². The summed E-state index contributed by atoms with van der Waals surface area (Å²) in [5.41, 5.74) is 0.746. The van der Waals surface area contributed by atoms with Gasteiger partial charge in [-0.15, -0.1) is 0 Å². The number of hydrogen-bond acceptors (Lipinski definition) is 5. The van der Waals surface area contributed by atoms with Crippen LogP contribution in [0.4, 0.5) is 5.69 Å². The normalized spacial score (nSPS) is 24.9. The van der Waals surface area contributed by atoms with Gasteiger partial charge in [0, 0.05) is 27.4 Å². The minimum absolute atomic E-state index is 0.0169. The maximum Gasteiger partial charge on any atom is 0.273 e. The number of amides is 3. The highest BCUT2D eigenvalue weighted by molar-refractivity contribution is 9.12. The van der Waals surface area contributed by atoms with E-state index in [0.29, 0.717) is 12.8 Å². The molecular weight excluding hydrogens is 546 g/mol. The third-order valence-corrected chi connectivity index (χ3v) is 8.60. The lowest BCUT2D eigenvalue weighted by molar-refractivity contribution is -0.384. The van der Waals surface area contributed by atoms with Crippen molar-refractivity contribution in [2.75, 3.05) is 0 Å². The topological polar surface area (TPSA) is 101 Å². The molecule has 2 aromatic carbocycles. The number of hydrogen-bond donors (Lipinski definition) is 0. The minimum atomic E-state index is -0.574. The predicted octanol–water partition coefficient (Wildman–Crippen LogP) is 4.07. The van der Waals surface area contributed by atoms with Crippen molar-refractivity contribution in [2.24, 2.45) is 11.8 Å². The largest absolute Gasteiger partial charge is 0.273 e. The van der Waals surface area contributed by atoms with Crippen molar-refractivity contribution in [2.45, 2.75) is 29.0 Å². The zero-order valence-electron chi connectivity index (χ0n) is 16.8. The minimum Gasteiger partial charge on any atom is -0.272 e. The number of benzene rings is 2. The Morgan fingerprint density at radius 2 is 1.50 bits per heavy atom. The van der Waals surface area contributed by atoms with Crippen molar-refractivity contribution in [1.82, 2.24) is 10.0 Å². The molecule has 3 amide bonds. The van der Waals surface area contributed by atoms with Gasteiger partial charge in [-0.1, -0.05) is 62.2 Å². The Morgan fingerprint density at radius 3 is 2.00 bits per heavy atom. The smallest absolute Gasteiger partial charge is 0.272 e. The van der Waals surface area contributed by atoms with Crippen molar-refractivity contribution in [3.05, 3.63) is 75.8 Å². The summed E-state index contributed by atoms with van der Waals surface area (Å²) in [5.74, 6) is -2.35. The number of nitro benzene ring substituents is 1. The molecule has 0 N–H and O–H groups in total. The maximum absolute atomic E-state index is 13.4. The van der Waals surface area contributed by atoms with Gasteiger partial charge < -0.3 is 0 Å². The second-order valence-electron chi connectivity index (χ2n) is 7.86. The number of alkyl halides is 2. The Balaban J connectivity index is 1.69. The predicted molar refractivity (Wildman–Crippen MR) is 123 cm³/mol. The number of imide groups is 1. The summed E-state index contributed by atoms with van der Waals surface area (Å²) in [6.07, 6.45) is 0.985. The second-order valence-corrected chi connectivity index (χ2v) is 10.2. The molecule has 1 aliphatic carbocycles. The molecule has 4 rings (SSSR count). The van der Waals surface area contributed by atoms with Crippen LogP contribution >= 0.6 is 31.9 Å². The Bertz CT molecular complexity index is 1030. The Morgan fingerprint density at radius 1 is 0.969 bits per heavy atom. The van der Waals surface area contributed by atoms with Crippen molar-refractivity contribution in [3.63, 3.8) is 0 Å². The van der Waals surface area contributed by atoms with Gasteiger partial charge in [0.25, 0.3) is 23.4 Å². The molecule has 0 spiro atoms. The van der Waals surface area contributed by atoms with Gasteiger partial charge in [-0.2, -0.15) is 5.01 Å². The van der Waals surface area contributed by atoms with Crippen LogP contribution in [-0.4, -0.2) is 42.3 Å². The van der Waals surface area contributed by atoms with Crippen LogP contribution < -0.4 is 0 Å². The van der Waals surface area contributed by atoms with E-state index in [0.717, 1.165) is 15.6 Å². The first-order valence-corrected chi connectivity index (χ1v) is 11.9. The number of rotatable bonds is 5. The number of carbonyl (C=O) groups excluding carboxylic acids is 3. The van der Waals surface area contributed by atoms with Crippen LogP contribution in [0.5, 0.6) is 0 Å². The summed E-state index contributed by atoms with van der Waals surface area (Å²) in [4.78, 5) is 50.5. The highest BCUT2D eigenvalue weighted by Crippen LogP contribution is 2.43. The van der Waals surface area contributed by atoms with Gasteiger partial charge >= 0.3 is 0 Å². The monoisotopic (exact) mass is 563 g/mol.